The first kappa shape index (κ1) is 15.0. The molecule has 0 fully saturated rings. The predicted octanol–water partition coefficient (Wildman–Crippen LogP) is 2.15. The maximum Gasteiger partial charge on any atom is 0.213 e. The fourth-order valence-corrected chi connectivity index (χ4v) is 2.03. The van der Waals surface area contributed by atoms with Gasteiger partial charge in [0.1, 0.15) is 5.75 Å². The maximum absolute atomic E-state index is 5.72. The number of aromatic nitrogens is 2. The summed E-state index contributed by atoms with van der Waals surface area (Å²) in [6, 6.07) is 5.87. The van der Waals surface area contributed by atoms with E-state index in [1.807, 2.05) is 18.2 Å². The van der Waals surface area contributed by atoms with Crippen molar-refractivity contribution in [2.75, 3.05) is 20.3 Å². The Kier molecular flexibility index (Phi) is 5.97. The lowest BCUT2D eigenvalue weighted by Crippen LogP contribution is -2.19. The number of nitrogens with zero attached hydrogens (tertiary/aromatic N) is 2. The molecule has 0 bridgehead atoms. The van der Waals surface area contributed by atoms with Crippen LogP contribution in [0.3, 0.4) is 0 Å². The van der Waals surface area contributed by atoms with Crippen molar-refractivity contribution in [2.24, 2.45) is 0 Å². The number of rotatable bonds is 8. The summed E-state index contributed by atoms with van der Waals surface area (Å²) in [5, 5.41) is 7.00. The van der Waals surface area contributed by atoms with Crippen LogP contribution in [0.2, 0.25) is 0 Å². The van der Waals surface area contributed by atoms with Crippen molar-refractivity contribution in [3.05, 3.63) is 40.5 Å². The molecular formula is C13H16BrN3O3. The molecule has 6 nitrogen and oxygen atoms in total. The Morgan fingerprint density at radius 1 is 1.40 bits per heavy atom. The molecule has 1 aromatic carbocycles. The number of nitrogens with one attached hydrogen (secondary N) is 1. The van der Waals surface area contributed by atoms with Crippen molar-refractivity contribution in [2.45, 2.75) is 13.2 Å². The van der Waals surface area contributed by atoms with E-state index >= 15 is 0 Å². The molecule has 0 saturated carbocycles. The van der Waals surface area contributed by atoms with Crippen molar-refractivity contribution in [3.63, 3.8) is 0 Å². The predicted molar refractivity (Wildman–Crippen MR) is 76.4 cm³/mol. The van der Waals surface area contributed by atoms with Gasteiger partial charge in [0.05, 0.1) is 6.61 Å². The van der Waals surface area contributed by atoms with E-state index in [-0.39, 0.29) is 6.61 Å². The van der Waals surface area contributed by atoms with Gasteiger partial charge in [-0.1, -0.05) is 21.1 Å². The molecule has 0 atom stereocenters. The molecule has 0 aliphatic carbocycles. The molecule has 1 heterocycles. The Morgan fingerprint density at radius 3 is 3.05 bits per heavy atom. The number of halogens is 1. The van der Waals surface area contributed by atoms with Gasteiger partial charge in [0.15, 0.2) is 6.61 Å². The summed E-state index contributed by atoms with van der Waals surface area (Å²) >= 11 is 3.46. The van der Waals surface area contributed by atoms with Crippen LogP contribution in [0.5, 0.6) is 5.75 Å². The summed E-state index contributed by atoms with van der Waals surface area (Å²) < 4.78 is 16.4. The third-order valence-electron chi connectivity index (χ3n) is 2.58. The second kappa shape index (κ2) is 7.98. The first-order valence-electron chi connectivity index (χ1n) is 6.15. The van der Waals surface area contributed by atoms with Crippen LogP contribution >= 0.6 is 15.9 Å². The van der Waals surface area contributed by atoms with E-state index in [1.165, 1.54) is 6.39 Å². The monoisotopic (exact) mass is 341 g/mol. The second-order valence-corrected chi connectivity index (χ2v) is 4.97. The fourth-order valence-electron chi connectivity index (χ4n) is 1.62. The molecule has 2 rings (SSSR count). The van der Waals surface area contributed by atoms with E-state index in [4.69, 9.17) is 9.47 Å². The van der Waals surface area contributed by atoms with E-state index in [0.29, 0.717) is 19.0 Å². The van der Waals surface area contributed by atoms with Crippen molar-refractivity contribution < 1.29 is 14.0 Å². The molecule has 2 aromatic rings. The van der Waals surface area contributed by atoms with Gasteiger partial charge in [-0.05, 0) is 18.2 Å². The molecular weight excluding hydrogens is 326 g/mol. The Balaban J connectivity index is 1.95. The highest BCUT2D eigenvalue weighted by atomic mass is 79.9. The minimum Gasteiger partial charge on any atom is -0.485 e. The SMILES string of the molecule is COCCNCc1cc(Br)ccc1OCc1ncon1. The standard InChI is InChI=1S/C13H16BrN3O3/c1-18-5-4-15-7-10-6-11(14)2-3-12(10)19-8-13-16-9-20-17-13/h2-3,6,9,15H,4-5,7-8H2,1H3. The van der Waals surface area contributed by atoms with Gasteiger partial charge in [-0.3, -0.25) is 0 Å². The summed E-state index contributed by atoms with van der Waals surface area (Å²) in [5.74, 6) is 1.31. The Morgan fingerprint density at radius 2 is 2.30 bits per heavy atom. The quantitative estimate of drug-likeness (QED) is 0.742. The lowest BCUT2D eigenvalue weighted by Gasteiger charge is -2.11. The maximum atomic E-state index is 5.72. The van der Waals surface area contributed by atoms with Crippen LogP contribution in [0.4, 0.5) is 0 Å². The zero-order chi connectivity index (χ0) is 14.2. The summed E-state index contributed by atoms with van der Waals surface area (Å²) in [4.78, 5) is 3.92. The van der Waals surface area contributed by atoms with E-state index in [1.54, 1.807) is 7.11 Å². The average molecular weight is 342 g/mol. The van der Waals surface area contributed by atoms with E-state index in [0.717, 1.165) is 22.3 Å². The molecule has 0 aliphatic heterocycles. The van der Waals surface area contributed by atoms with Gasteiger partial charge in [-0.25, -0.2) is 0 Å². The number of benzene rings is 1. The summed E-state index contributed by atoms with van der Waals surface area (Å²) in [6.45, 7) is 2.44. The molecule has 20 heavy (non-hydrogen) atoms. The molecule has 7 heteroatoms. The highest BCUT2D eigenvalue weighted by Gasteiger charge is 2.06. The largest absolute Gasteiger partial charge is 0.485 e. The topological polar surface area (TPSA) is 69.4 Å². The van der Waals surface area contributed by atoms with Crippen LogP contribution in [-0.2, 0) is 17.9 Å². The van der Waals surface area contributed by atoms with Gasteiger partial charge in [-0.2, -0.15) is 4.98 Å². The molecule has 108 valence electrons. The molecule has 0 amide bonds. The van der Waals surface area contributed by atoms with Crippen LogP contribution < -0.4 is 10.1 Å². The van der Waals surface area contributed by atoms with Crippen molar-refractivity contribution >= 4 is 15.9 Å². The highest BCUT2D eigenvalue weighted by molar-refractivity contribution is 9.10. The number of hydrogen-bond donors (Lipinski definition) is 1. The smallest absolute Gasteiger partial charge is 0.213 e. The average Bonchev–Trinajstić information content (AvgIpc) is 2.96. The minimum atomic E-state index is 0.281. The lowest BCUT2D eigenvalue weighted by molar-refractivity contribution is 0.199. The summed E-state index contributed by atoms with van der Waals surface area (Å²) in [5.41, 5.74) is 1.05. The zero-order valence-corrected chi connectivity index (χ0v) is 12.7. The molecule has 0 radical (unpaired) electrons. The van der Waals surface area contributed by atoms with Crippen molar-refractivity contribution in [1.82, 2.24) is 15.5 Å². The molecule has 0 saturated heterocycles. The van der Waals surface area contributed by atoms with Crippen LogP contribution in [0.25, 0.3) is 0 Å². The number of hydrogen-bond acceptors (Lipinski definition) is 6. The second-order valence-electron chi connectivity index (χ2n) is 4.06. The van der Waals surface area contributed by atoms with Crippen molar-refractivity contribution in [3.8, 4) is 5.75 Å². The third-order valence-corrected chi connectivity index (χ3v) is 3.08. The zero-order valence-electron chi connectivity index (χ0n) is 11.1. The Bertz CT molecular complexity index is 520. The summed E-state index contributed by atoms with van der Waals surface area (Å²) in [6.07, 6.45) is 1.29. The van der Waals surface area contributed by atoms with Gasteiger partial charge in [0.2, 0.25) is 12.2 Å². The molecule has 1 aromatic heterocycles. The van der Waals surface area contributed by atoms with Crippen molar-refractivity contribution in [1.29, 1.82) is 0 Å². The Labute approximate surface area is 125 Å². The first-order valence-corrected chi connectivity index (χ1v) is 6.95. The van der Waals surface area contributed by atoms with Gasteiger partial charge in [-0.15, -0.1) is 0 Å². The highest BCUT2D eigenvalue weighted by Crippen LogP contribution is 2.23. The van der Waals surface area contributed by atoms with Gasteiger partial charge in [0, 0.05) is 30.2 Å². The normalized spacial score (nSPS) is 10.7. The Hall–Kier alpha value is -1.44. The van der Waals surface area contributed by atoms with Crippen LogP contribution in [0.15, 0.2) is 33.6 Å². The number of ether oxygens (including phenoxy) is 2. The van der Waals surface area contributed by atoms with Crippen LogP contribution in [0, 0.1) is 0 Å². The third kappa shape index (κ3) is 4.59. The number of methoxy groups -OCH3 is 1. The lowest BCUT2D eigenvalue weighted by atomic mass is 10.2. The fraction of sp³-hybridized carbons (Fsp3) is 0.385. The molecule has 0 unspecified atom stereocenters. The van der Waals surface area contributed by atoms with Crippen LogP contribution in [-0.4, -0.2) is 30.4 Å². The molecule has 1 N–H and O–H groups in total. The molecule has 0 spiro atoms. The van der Waals surface area contributed by atoms with Gasteiger partial charge < -0.3 is 19.3 Å². The van der Waals surface area contributed by atoms with Crippen LogP contribution in [0.1, 0.15) is 11.4 Å². The molecule has 0 aliphatic rings. The summed E-state index contributed by atoms with van der Waals surface area (Å²) in [7, 11) is 1.68. The van der Waals surface area contributed by atoms with Gasteiger partial charge >= 0.3 is 0 Å². The van der Waals surface area contributed by atoms with E-state index in [9.17, 15) is 0 Å². The van der Waals surface area contributed by atoms with E-state index < -0.39 is 0 Å². The van der Waals surface area contributed by atoms with E-state index in [2.05, 4.69) is 35.9 Å². The first-order chi connectivity index (χ1) is 9.79. The van der Waals surface area contributed by atoms with Gasteiger partial charge in [0.25, 0.3) is 0 Å². The minimum absolute atomic E-state index is 0.281.